The molecule has 0 amide bonds. The zero-order chi connectivity index (χ0) is 12.3. The summed E-state index contributed by atoms with van der Waals surface area (Å²) in [4.78, 5) is 0. The fourth-order valence-electron chi connectivity index (χ4n) is 3.01. The first-order valence-corrected chi connectivity index (χ1v) is 6.31. The molecule has 1 aliphatic carbocycles. The fraction of sp³-hybridized carbons (Fsp3) is 0.600. The number of benzene rings is 1. The second-order valence-electron chi connectivity index (χ2n) is 6.22. The molecule has 0 unspecified atom stereocenters. The quantitative estimate of drug-likeness (QED) is 0.682. The van der Waals surface area contributed by atoms with Crippen molar-refractivity contribution in [1.29, 1.82) is 0 Å². The molecule has 0 saturated carbocycles. The molecule has 2 heteroatoms. The van der Waals surface area contributed by atoms with Gasteiger partial charge in [0.05, 0.1) is 12.7 Å². The van der Waals surface area contributed by atoms with Crippen LogP contribution in [-0.4, -0.2) is 12.4 Å². The lowest BCUT2D eigenvalue weighted by Crippen LogP contribution is -2.45. The second-order valence-corrected chi connectivity index (χ2v) is 6.22. The summed E-state index contributed by atoms with van der Waals surface area (Å²) >= 11 is 0. The van der Waals surface area contributed by atoms with Crippen molar-refractivity contribution in [2.24, 2.45) is 5.41 Å². The van der Waals surface area contributed by atoms with Gasteiger partial charge in [-0.1, -0.05) is 30.7 Å². The lowest BCUT2D eigenvalue weighted by atomic mass is 9.84. The molecule has 0 N–H and O–H groups in total. The predicted octanol–water partition coefficient (Wildman–Crippen LogP) is 3.38. The van der Waals surface area contributed by atoms with E-state index in [0.29, 0.717) is 0 Å². The highest BCUT2D eigenvalue weighted by Gasteiger charge is 2.50. The Balaban J connectivity index is 2.05. The Morgan fingerprint density at radius 2 is 2.00 bits per heavy atom. The SMILES string of the molecule is Cc1ccc2c(c1)[C@H]1OC(C)(C)OC[C@@]1(C)C2. The van der Waals surface area contributed by atoms with Crippen LogP contribution in [0.1, 0.15) is 43.6 Å². The van der Waals surface area contributed by atoms with Crippen LogP contribution in [0.15, 0.2) is 18.2 Å². The largest absolute Gasteiger partial charge is 0.350 e. The van der Waals surface area contributed by atoms with E-state index in [2.05, 4.69) is 32.0 Å². The molecule has 0 radical (unpaired) electrons. The third-order valence-corrected chi connectivity index (χ3v) is 3.96. The average molecular weight is 232 g/mol. The molecule has 0 aromatic heterocycles. The molecule has 17 heavy (non-hydrogen) atoms. The standard InChI is InChI=1S/C15H20O2/c1-10-5-6-11-8-15(4)9-16-14(2,3)17-13(15)12(11)7-10/h5-7,13H,8-9H2,1-4H3/t13-,15-/m1/s1. The molecule has 3 rings (SSSR count). The predicted molar refractivity (Wildman–Crippen MR) is 66.8 cm³/mol. The van der Waals surface area contributed by atoms with Crippen LogP contribution in [0.5, 0.6) is 0 Å². The Kier molecular flexibility index (Phi) is 2.20. The van der Waals surface area contributed by atoms with E-state index in [-0.39, 0.29) is 11.5 Å². The van der Waals surface area contributed by atoms with Gasteiger partial charge in [-0.2, -0.15) is 0 Å². The van der Waals surface area contributed by atoms with Gasteiger partial charge in [-0.3, -0.25) is 0 Å². The third kappa shape index (κ3) is 1.71. The van der Waals surface area contributed by atoms with Crippen molar-refractivity contribution >= 4 is 0 Å². The van der Waals surface area contributed by atoms with Gasteiger partial charge in [0.15, 0.2) is 5.79 Å². The number of ether oxygens (including phenoxy) is 2. The minimum atomic E-state index is -0.463. The normalized spacial score (nSPS) is 34.2. The van der Waals surface area contributed by atoms with E-state index in [0.717, 1.165) is 13.0 Å². The van der Waals surface area contributed by atoms with Crippen molar-refractivity contribution in [3.05, 3.63) is 34.9 Å². The van der Waals surface area contributed by atoms with Crippen LogP contribution in [0.3, 0.4) is 0 Å². The van der Waals surface area contributed by atoms with Gasteiger partial charge in [0.25, 0.3) is 0 Å². The van der Waals surface area contributed by atoms with Crippen molar-refractivity contribution in [2.45, 2.75) is 46.0 Å². The van der Waals surface area contributed by atoms with Gasteiger partial charge < -0.3 is 9.47 Å². The summed E-state index contributed by atoms with van der Waals surface area (Å²) < 4.78 is 12.0. The van der Waals surface area contributed by atoms with Gasteiger partial charge in [0.2, 0.25) is 0 Å². The van der Waals surface area contributed by atoms with Crippen LogP contribution >= 0.6 is 0 Å². The van der Waals surface area contributed by atoms with Crippen molar-refractivity contribution in [3.8, 4) is 0 Å². The Morgan fingerprint density at radius 1 is 1.24 bits per heavy atom. The van der Waals surface area contributed by atoms with Gasteiger partial charge >= 0.3 is 0 Å². The Hall–Kier alpha value is -0.860. The van der Waals surface area contributed by atoms with Gasteiger partial charge in [0, 0.05) is 5.41 Å². The first-order chi connectivity index (χ1) is 7.90. The highest BCUT2D eigenvalue weighted by atomic mass is 16.7. The van der Waals surface area contributed by atoms with Crippen LogP contribution in [0, 0.1) is 12.3 Å². The first kappa shape index (κ1) is 11.2. The first-order valence-electron chi connectivity index (χ1n) is 6.31. The maximum absolute atomic E-state index is 6.16. The van der Waals surface area contributed by atoms with Crippen LogP contribution in [0.4, 0.5) is 0 Å². The van der Waals surface area contributed by atoms with Gasteiger partial charge in [-0.05, 0) is 38.3 Å². The van der Waals surface area contributed by atoms with E-state index in [1.165, 1.54) is 16.7 Å². The smallest absolute Gasteiger partial charge is 0.163 e. The van der Waals surface area contributed by atoms with Crippen LogP contribution in [0.25, 0.3) is 0 Å². The summed E-state index contributed by atoms with van der Waals surface area (Å²) in [7, 11) is 0. The summed E-state index contributed by atoms with van der Waals surface area (Å²) in [5.74, 6) is -0.463. The molecule has 92 valence electrons. The Labute approximate surface area is 103 Å². The topological polar surface area (TPSA) is 18.5 Å². The summed E-state index contributed by atoms with van der Waals surface area (Å²) in [5, 5.41) is 0. The zero-order valence-electron chi connectivity index (χ0n) is 11.0. The lowest BCUT2D eigenvalue weighted by Gasteiger charge is -2.44. The van der Waals surface area contributed by atoms with E-state index in [9.17, 15) is 0 Å². The summed E-state index contributed by atoms with van der Waals surface area (Å²) in [6.07, 6.45) is 1.24. The second kappa shape index (κ2) is 3.33. The summed E-state index contributed by atoms with van der Waals surface area (Å²) in [6, 6.07) is 6.70. The molecule has 0 bridgehead atoms. The minimum absolute atomic E-state index is 0.103. The van der Waals surface area contributed by atoms with Gasteiger partial charge in [0.1, 0.15) is 0 Å². The number of aryl methyl sites for hydroxylation is 1. The number of fused-ring (bicyclic) bond motifs is 3. The molecule has 2 nitrogen and oxygen atoms in total. The number of hydrogen-bond acceptors (Lipinski definition) is 2. The minimum Gasteiger partial charge on any atom is -0.350 e. The highest BCUT2D eigenvalue weighted by Crippen LogP contribution is 2.52. The Bertz CT molecular complexity index is 464. The number of hydrogen-bond donors (Lipinski definition) is 0. The van der Waals surface area contributed by atoms with Crippen molar-refractivity contribution < 1.29 is 9.47 Å². The molecular weight excluding hydrogens is 212 g/mol. The summed E-state index contributed by atoms with van der Waals surface area (Å²) in [6.45, 7) is 9.18. The maximum Gasteiger partial charge on any atom is 0.163 e. The monoisotopic (exact) mass is 232 g/mol. The summed E-state index contributed by atoms with van der Waals surface area (Å²) in [5.41, 5.74) is 4.19. The molecule has 2 atom stereocenters. The van der Waals surface area contributed by atoms with Crippen molar-refractivity contribution in [1.82, 2.24) is 0 Å². The van der Waals surface area contributed by atoms with E-state index >= 15 is 0 Å². The molecule has 1 fully saturated rings. The Morgan fingerprint density at radius 3 is 2.76 bits per heavy atom. The highest BCUT2D eigenvalue weighted by molar-refractivity contribution is 5.40. The average Bonchev–Trinajstić information content (AvgIpc) is 2.51. The molecular formula is C15H20O2. The third-order valence-electron chi connectivity index (χ3n) is 3.96. The van der Waals surface area contributed by atoms with E-state index in [1.807, 2.05) is 13.8 Å². The maximum atomic E-state index is 6.16. The molecule has 1 aliphatic heterocycles. The molecule has 0 spiro atoms. The molecule has 1 aromatic rings. The van der Waals surface area contributed by atoms with Crippen molar-refractivity contribution in [3.63, 3.8) is 0 Å². The van der Waals surface area contributed by atoms with Crippen molar-refractivity contribution in [2.75, 3.05) is 6.61 Å². The molecule has 1 heterocycles. The van der Waals surface area contributed by atoms with E-state index in [4.69, 9.17) is 9.47 Å². The van der Waals surface area contributed by atoms with E-state index < -0.39 is 5.79 Å². The lowest BCUT2D eigenvalue weighted by molar-refractivity contribution is -0.314. The van der Waals surface area contributed by atoms with Crippen LogP contribution < -0.4 is 0 Å². The van der Waals surface area contributed by atoms with E-state index in [1.54, 1.807) is 0 Å². The van der Waals surface area contributed by atoms with Crippen LogP contribution in [-0.2, 0) is 15.9 Å². The molecule has 1 saturated heterocycles. The molecule has 2 aliphatic rings. The van der Waals surface area contributed by atoms with Crippen LogP contribution in [0.2, 0.25) is 0 Å². The van der Waals surface area contributed by atoms with Gasteiger partial charge in [-0.25, -0.2) is 0 Å². The molecule has 1 aromatic carbocycles. The zero-order valence-corrected chi connectivity index (χ0v) is 11.0. The fourth-order valence-corrected chi connectivity index (χ4v) is 3.01. The number of rotatable bonds is 0. The van der Waals surface area contributed by atoms with Gasteiger partial charge in [-0.15, -0.1) is 0 Å².